The third-order valence-electron chi connectivity index (χ3n) is 4.20. The second-order valence-electron chi connectivity index (χ2n) is 5.97. The minimum absolute atomic E-state index is 0.473. The first-order valence-electron chi connectivity index (χ1n) is 8.50. The van der Waals surface area contributed by atoms with Crippen molar-refractivity contribution in [3.63, 3.8) is 0 Å². The van der Waals surface area contributed by atoms with Gasteiger partial charge in [-0.25, -0.2) is 4.98 Å². The summed E-state index contributed by atoms with van der Waals surface area (Å²) < 4.78 is 2.19. The van der Waals surface area contributed by atoms with Gasteiger partial charge in [-0.2, -0.15) is 0 Å². The lowest BCUT2D eigenvalue weighted by molar-refractivity contribution is 0.744. The Kier molecular flexibility index (Phi) is 5.59. The number of imidazole rings is 1. The Morgan fingerprint density at radius 3 is 2.68 bits per heavy atom. The van der Waals surface area contributed by atoms with E-state index in [4.69, 9.17) is 22.1 Å². The van der Waals surface area contributed by atoms with Crippen LogP contribution in [0.3, 0.4) is 0 Å². The summed E-state index contributed by atoms with van der Waals surface area (Å²) >= 11 is 6.21. The van der Waals surface area contributed by atoms with E-state index in [0.717, 1.165) is 53.8 Å². The summed E-state index contributed by atoms with van der Waals surface area (Å²) in [6.45, 7) is 2.66. The number of unbranched alkanes of at least 4 members (excludes halogenated alkanes) is 1. The summed E-state index contributed by atoms with van der Waals surface area (Å²) in [6, 6.07) is 14.1. The maximum absolute atomic E-state index is 8.38. The van der Waals surface area contributed by atoms with Crippen LogP contribution < -0.4 is 0 Å². The van der Waals surface area contributed by atoms with Gasteiger partial charge in [-0.3, -0.25) is 4.57 Å². The van der Waals surface area contributed by atoms with Crippen molar-refractivity contribution in [2.75, 3.05) is 6.54 Å². The van der Waals surface area contributed by atoms with Crippen molar-refractivity contribution >= 4 is 22.6 Å². The maximum atomic E-state index is 8.38. The van der Waals surface area contributed by atoms with Gasteiger partial charge in [-0.1, -0.05) is 42.2 Å². The molecule has 0 unspecified atom stereocenters. The number of aryl methyl sites for hydroxylation is 1. The monoisotopic (exact) mass is 353 g/mol. The van der Waals surface area contributed by atoms with E-state index in [-0.39, 0.29) is 0 Å². The highest BCUT2D eigenvalue weighted by molar-refractivity contribution is 6.31. The fraction of sp³-hybridized carbons (Fsp3) is 0.316. The van der Waals surface area contributed by atoms with Gasteiger partial charge in [-0.05, 0) is 54.3 Å². The van der Waals surface area contributed by atoms with Crippen LogP contribution in [0.2, 0.25) is 5.02 Å². The molecule has 0 aliphatic carbocycles. The molecule has 128 valence electrons. The van der Waals surface area contributed by atoms with Gasteiger partial charge in [0.2, 0.25) is 0 Å². The van der Waals surface area contributed by atoms with E-state index >= 15 is 0 Å². The molecule has 2 aromatic carbocycles. The molecule has 0 radical (unpaired) electrons. The second kappa shape index (κ2) is 8.06. The molecule has 0 fully saturated rings. The van der Waals surface area contributed by atoms with Crippen LogP contribution in [0.5, 0.6) is 0 Å². The first-order chi connectivity index (χ1) is 12.2. The van der Waals surface area contributed by atoms with Crippen molar-refractivity contribution in [3.05, 3.63) is 69.3 Å². The van der Waals surface area contributed by atoms with Crippen LogP contribution in [0, 0.1) is 0 Å². The number of fused-ring (bicyclic) bond motifs is 1. The molecule has 1 heterocycles. The summed E-state index contributed by atoms with van der Waals surface area (Å²) in [5.41, 5.74) is 12.6. The molecule has 0 atom stereocenters. The van der Waals surface area contributed by atoms with Crippen LogP contribution >= 0.6 is 11.6 Å². The van der Waals surface area contributed by atoms with E-state index in [1.807, 2.05) is 18.2 Å². The first kappa shape index (κ1) is 17.3. The standard InChI is InChI=1S/C19H20ClN5/c1-2-3-4-19-23-17-10-7-15(20)13-18(17)25(19)16-8-5-14(6-9-16)11-12-22-24-21/h5-10,13H,2-4,11-12H2,1H3. The second-order valence-corrected chi connectivity index (χ2v) is 6.41. The van der Waals surface area contributed by atoms with Crippen LogP contribution in [0.15, 0.2) is 47.6 Å². The van der Waals surface area contributed by atoms with Gasteiger partial charge in [0.25, 0.3) is 0 Å². The highest BCUT2D eigenvalue weighted by Gasteiger charge is 2.12. The summed E-state index contributed by atoms with van der Waals surface area (Å²) in [4.78, 5) is 7.59. The van der Waals surface area contributed by atoms with Crippen molar-refractivity contribution in [1.82, 2.24) is 9.55 Å². The lowest BCUT2D eigenvalue weighted by Crippen LogP contribution is -2.02. The smallest absolute Gasteiger partial charge is 0.114 e. The number of benzene rings is 2. The van der Waals surface area contributed by atoms with Gasteiger partial charge in [0.05, 0.1) is 11.0 Å². The molecule has 0 saturated heterocycles. The lowest BCUT2D eigenvalue weighted by Gasteiger charge is -2.10. The molecule has 25 heavy (non-hydrogen) atoms. The number of hydrogen-bond donors (Lipinski definition) is 0. The highest BCUT2D eigenvalue weighted by atomic mass is 35.5. The predicted octanol–water partition coefficient (Wildman–Crippen LogP) is 5.87. The highest BCUT2D eigenvalue weighted by Crippen LogP contribution is 2.25. The Balaban J connectivity index is 2.00. The molecular formula is C19H20ClN5. The number of hydrogen-bond acceptors (Lipinski definition) is 2. The molecule has 0 amide bonds. The van der Waals surface area contributed by atoms with E-state index in [9.17, 15) is 0 Å². The van der Waals surface area contributed by atoms with E-state index in [1.165, 1.54) is 0 Å². The Morgan fingerprint density at radius 1 is 1.16 bits per heavy atom. The number of rotatable bonds is 7. The number of nitrogens with zero attached hydrogens (tertiary/aromatic N) is 5. The number of azide groups is 1. The average molecular weight is 354 g/mol. The SMILES string of the molecule is CCCCc1nc2ccc(Cl)cc2n1-c1ccc(CCN=[N+]=[N-])cc1. The lowest BCUT2D eigenvalue weighted by atomic mass is 10.1. The zero-order chi connectivity index (χ0) is 17.6. The molecule has 0 spiro atoms. The number of halogens is 1. The topological polar surface area (TPSA) is 66.6 Å². The molecule has 0 aliphatic rings. The normalized spacial score (nSPS) is 10.8. The van der Waals surface area contributed by atoms with E-state index in [2.05, 4.69) is 45.8 Å². The Morgan fingerprint density at radius 2 is 1.96 bits per heavy atom. The van der Waals surface area contributed by atoms with Crippen LogP contribution in [-0.4, -0.2) is 16.1 Å². The fourth-order valence-electron chi connectivity index (χ4n) is 2.92. The fourth-order valence-corrected chi connectivity index (χ4v) is 3.09. The first-order valence-corrected chi connectivity index (χ1v) is 8.87. The summed E-state index contributed by atoms with van der Waals surface area (Å²) in [5, 5.41) is 4.30. The third-order valence-corrected chi connectivity index (χ3v) is 4.43. The summed E-state index contributed by atoms with van der Waals surface area (Å²) in [7, 11) is 0. The van der Waals surface area contributed by atoms with Gasteiger partial charge in [-0.15, -0.1) is 0 Å². The van der Waals surface area contributed by atoms with E-state index < -0.39 is 0 Å². The zero-order valence-corrected chi connectivity index (χ0v) is 14.9. The molecule has 3 rings (SSSR count). The zero-order valence-electron chi connectivity index (χ0n) is 14.2. The van der Waals surface area contributed by atoms with Gasteiger partial charge in [0, 0.05) is 28.6 Å². The summed E-state index contributed by atoms with van der Waals surface area (Å²) in [6.07, 6.45) is 3.90. The average Bonchev–Trinajstić information content (AvgIpc) is 2.98. The van der Waals surface area contributed by atoms with Gasteiger partial charge in [0.1, 0.15) is 5.82 Å². The molecule has 0 N–H and O–H groups in total. The minimum Gasteiger partial charge on any atom is -0.296 e. The van der Waals surface area contributed by atoms with Crippen LogP contribution in [0.4, 0.5) is 0 Å². The summed E-state index contributed by atoms with van der Waals surface area (Å²) in [5.74, 6) is 1.06. The van der Waals surface area contributed by atoms with E-state index in [1.54, 1.807) is 0 Å². The molecule has 0 bridgehead atoms. The number of aromatic nitrogens is 2. The van der Waals surface area contributed by atoms with Gasteiger partial charge < -0.3 is 0 Å². The molecule has 0 saturated carbocycles. The van der Waals surface area contributed by atoms with Crippen molar-refractivity contribution < 1.29 is 0 Å². The molecule has 3 aromatic rings. The largest absolute Gasteiger partial charge is 0.296 e. The van der Waals surface area contributed by atoms with Crippen molar-refractivity contribution in [2.24, 2.45) is 5.11 Å². The molecular weight excluding hydrogens is 334 g/mol. The molecule has 0 aliphatic heterocycles. The van der Waals surface area contributed by atoms with Crippen molar-refractivity contribution in [2.45, 2.75) is 32.6 Å². The Bertz CT molecular complexity index is 907. The predicted molar refractivity (Wildman–Crippen MR) is 102 cm³/mol. The van der Waals surface area contributed by atoms with Crippen LogP contribution in [0.25, 0.3) is 27.2 Å². The Hall–Kier alpha value is -2.49. The van der Waals surface area contributed by atoms with Gasteiger partial charge in [0.15, 0.2) is 0 Å². The molecule has 1 aromatic heterocycles. The maximum Gasteiger partial charge on any atom is 0.114 e. The van der Waals surface area contributed by atoms with Crippen molar-refractivity contribution in [3.8, 4) is 5.69 Å². The van der Waals surface area contributed by atoms with Crippen LogP contribution in [0.1, 0.15) is 31.2 Å². The third kappa shape index (κ3) is 3.95. The van der Waals surface area contributed by atoms with E-state index in [0.29, 0.717) is 11.6 Å². The van der Waals surface area contributed by atoms with Gasteiger partial charge >= 0.3 is 0 Å². The Labute approximate surface area is 151 Å². The van der Waals surface area contributed by atoms with Crippen LogP contribution in [-0.2, 0) is 12.8 Å². The minimum atomic E-state index is 0.473. The molecule has 6 heteroatoms. The van der Waals surface area contributed by atoms with Crippen molar-refractivity contribution in [1.29, 1.82) is 0 Å². The molecule has 5 nitrogen and oxygen atoms in total. The quantitative estimate of drug-likeness (QED) is 0.297.